The van der Waals surface area contributed by atoms with Crippen LogP contribution in [0.5, 0.6) is 0 Å². The molecule has 2 N–H and O–H groups in total. The van der Waals surface area contributed by atoms with Crippen molar-refractivity contribution in [2.75, 3.05) is 5.73 Å². The van der Waals surface area contributed by atoms with Crippen molar-refractivity contribution in [1.29, 1.82) is 0 Å². The van der Waals surface area contributed by atoms with Gasteiger partial charge in [-0.2, -0.15) is 0 Å². The summed E-state index contributed by atoms with van der Waals surface area (Å²) in [4.78, 5) is 4.39. The Morgan fingerprint density at radius 2 is 1.89 bits per heavy atom. The molecule has 1 fully saturated rings. The van der Waals surface area contributed by atoms with Gasteiger partial charge in [0.1, 0.15) is 5.82 Å². The summed E-state index contributed by atoms with van der Waals surface area (Å²) in [5.74, 6) is 0.325. The first-order chi connectivity index (χ1) is 9.16. The lowest BCUT2D eigenvalue weighted by atomic mass is 10.1. The summed E-state index contributed by atoms with van der Waals surface area (Å²) in [6.45, 7) is 0. The van der Waals surface area contributed by atoms with Crippen molar-refractivity contribution >= 4 is 39.6 Å². The average Bonchev–Trinajstić information content (AvgIpc) is 2.57. The highest BCUT2D eigenvalue weighted by atomic mass is 127. The van der Waals surface area contributed by atoms with Crippen LogP contribution in [0.3, 0.4) is 0 Å². The third-order valence-electron chi connectivity index (χ3n) is 3.95. The zero-order valence-electron chi connectivity index (χ0n) is 10.7. The fraction of sp³-hybridized carbons (Fsp3) is 0.500. The Labute approximate surface area is 125 Å². The molecule has 1 saturated carbocycles. The van der Waals surface area contributed by atoms with Crippen molar-refractivity contribution in [1.82, 2.24) is 9.55 Å². The molecule has 0 atom stereocenters. The highest BCUT2D eigenvalue weighted by molar-refractivity contribution is 14.1. The molecule has 0 bridgehead atoms. The number of rotatable bonds is 1. The molecule has 0 saturated heterocycles. The van der Waals surface area contributed by atoms with Gasteiger partial charge < -0.3 is 10.3 Å². The molecule has 1 aliphatic carbocycles. The normalized spacial score (nSPS) is 17.8. The number of nitrogen functional groups attached to an aromatic ring is 1. The lowest BCUT2D eigenvalue weighted by Crippen LogP contribution is -2.11. The number of halogens is 2. The van der Waals surface area contributed by atoms with Gasteiger partial charge in [-0.1, -0.05) is 25.7 Å². The zero-order valence-corrected chi connectivity index (χ0v) is 12.9. The molecule has 3 nitrogen and oxygen atoms in total. The fourth-order valence-corrected chi connectivity index (χ4v) is 3.46. The summed E-state index contributed by atoms with van der Waals surface area (Å²) in [5.41, 5.74) is 7.70. The maximum atomic E-state index is 13.8. The highest BCUT2D eigenvalue weighted by Gasteiger charge is 2.20. The van der Waals surface area contributed by atoms with Crippen molar-refractivity contribution in [2.24, 2.45) is 0 Å². The molecule has 3 rings (SSSR count). The van der Waals surface area contributed by atoms with Crippen molar-refractivity contribution < 1.29 is 4.39 Å². The van der Waals surface area contributed by atoms with E-state index in [-0.39, 0.29) is 5.82 Å². The van der Waals surface area contributed by atoms with Gasteiger partial charge in [0.2, 0.25) is 5.95 Å². The number of benzene rings is 1. The molecule has 1 aromatic carbocycles. The quantitative estimate of drug-likeness (QED) is 0.600. The number of hydrogen-bond acceptors (Lipinski definition) is 2. The van der Waals surface area contributed by atoms with E-state index in [1.54, 1.807) is 12.1 Å². The number of nitrogens with two attached hydrogens (primary N) is 1. The second kappa shape index (κ2) is 5.26. The van der Waals surface area contributed by atoms with Gasteiger partial charge in [0.25, 0.3) is 0 Å². The first kappa shape index (κ1) is 13.1. The largest absolute Gasteiger partial charge is 0.369 e. The predicted molar refractivity (Wildman–Crippen MR) is 83.6 cm³/mol. The first-order valence-electron chi connectivity index (χ1n) is 6.79. The lowest BCUT2D eigenvalue weighted by Gasteiger charge is -2.18. The average molecular weight is 373 g/mol. The first-order valence-corrected chi connectivity index (χ1v) is 7.87. The number of aromatic nitrogens is 2. The van der Waals surface area contributed by atoms with Crippen molar-refractivity contribution in [3.05, 3.63) is 21.5 Å². The second-order valence-electron chi connectivity index (χ2n) is 5.24. The van der Waals surface area contributed by atoms with Crippen LogP contribution in [-0.4, -0.2) is 9.55 Å². The van der Waals surface area contributed by atoms with Gasteiger partial charge >= 0.3 is 0 Å². The Morgan fingerprint density at radius 1 is 1.21 bits per heavy atom. The van der Waals surface area contributed by atoms with Crippen LogP contribution in [0.2, 0.25) is 0 Å². The number of anilines is 1. The molecule has 1 heterocycles. The Morgan fingerprint density at radius 3 is 2.58 bits per heavy atom. The molecule has 0 aliphatic heterocycles. The van der Waals surface area contributed by atoms with E-state index in [1.165, 1.54) is 25.7 Å². The van der Waals surface area contributed by atoms with Gasteiger partial charge in [-0.3, -0.25) is 0 Å². The molecule has 0 unspecified atom stereocenters. The maximum absolute atomic E-state index is 13.8. The summed E-state index contributed by atoms with van der Waals surface area (Å²) in [6.07, 6.45) is 7.24. The van der Waals surface area contributed by atoms with E-state index in [1.807, 2.05) is 27.2 Å². The van der Waals surface area contributed by atoms with Crippen molar-refractivity contribution in [2.45, 2.75) is 44.6 Å². The fourth-order valence-electron chi connectivity index (χ4n) is 3.01. The van der Waals surface area contributed by atoms with E-state index in [0.29, 0.717) is 15.6 Å². The van der Waals surface area contributed by atoms with Crippen LogP contribution in [-0.2, 0) is 0 Å². The summed E-state index contributed by atoms with van der Waals surface area (Å²) in [5, 5.41) is 0. The number of hydrogen-bond donors (Lipinski definition) is 1. The molecule has 0 radical (unpaired) electrons. The van der Waals surface area contributed by atoms with Gasteiger partial charge in [0.15, 0.2) is 0 Å². The maximum Gasteiger partial charge on any atom is 0.201 e. The van der Waals surface area contributed by atoms with Crippen LogP contribution >= 0.6 is 22.6 Å². The van der Waals surface area contributed by atoms with E-state index in [4.69, 9.17) is 5.73 Å². The summed E-state index contributed by atoms with van der Waals surface area (Å²) >= 11 is 1.99. The standard InChI is InChI=1S/C14H17FIN3/c15-10-7-13-12(8-11(10)16)18-14(17)19(13)9-5-3-1-2-4-6-9/h7-9H,1-6H2,(H2,17,18). The monoisotopic (exact) mass is 373 g/mol. The molecule has 19 heavy (non-hydrogen) atoms. The van der Waals surface area contributed by atoms with Crippen LogP contribution in [0.1, 0.15) is 44.6 Å². The minimum atomic E-state index is -0.192. The smallest absolute Gasteiger partial charge is 0.201 e. The molecule has 5 heteroatoms. The van der Waals surface area contributed by atoms with Gasteiger partial charge in [0.05, 0.1) is 14.6 Å². The number of imidazole rings is 1. The van der Waals surface area contributed by atoms with E-state index < -0.39 is 0 Å². The SMILES string of the molecule is Nc1nc2cc(I)c(F)cc2n1C1CCCCCC1. The van der Waals surface area contributed by atoms with Gasteiger partial charge in [0, 0.05) is 12.1 Å². The zero-order chi connectivity index (χ0) is 13.4. The molecule has 102 valence electrons. The molecular weight excluding hydrogens is 356 g/mol. The van der Waals surface area contributed by atoms with Crippen molar-refractivity contribution in [3.8, 4) is 0 Å². The van der Waals surface area contributed by atoms with Gasteiger partial charge in [-0.15, -0.1) is 0 Å². The molecule has 0 amide bonds. The second-order valence-corrected chi connectivity index (χ2v) is 6.40. The van der Waals surface area contributed by atoms with Crippen LogP contribution in [0.25, 0.3) is 11.0 Å². The molecule has 2 aromatic rings. The lowest BCUT2D eigenvalue weighted by molar-refractivity contribution is 0.458. The summed E-state index contributed by atoms with van der Waals surface area (Å²) in [7, 11) is 0. The minimum absolute atomic E-state index is 0.192. The Hall–Kier alpha value is -0.850. The van der Waals surface area contributed by atoms with E-state index in [2.05, 4.69) is 4.98 Å². The third kappa shape index (κ3) is 2.44. The van der Waals surface area contributed by atoms with Crippen LogP contribution in [0.15, 0.2) is 12.1 Å². The van der Waals surface area contributed by atoms with E-state index in [9.17, 15) is 4.39 Å². The summed E-state index contributed by atoms with van der Waals surface area (Å²) < 4.78 is 16.4. The van der Waals surface area contributed by atoms with Gasteiger partial charge in [-0.05, 0) is 41.5 Å². The summed E-state index contributed by atoms with van der Waals surface area (Å²) in [6, 6.07) is 3.71. The van der Waals surface area contributed by atoms with Crippen LogP contribution < -0.4 is 5.73 Å². The Bertz CT molecular complexity index is 600. The predicted octanol–water partition coefficient (Wildman–Crippen LogP) is 4.26. The van der Waals surface area contributed by atoms with Crippen LogP contribution in [0.4, 0.5) is 10.3 Å². The Kier molecular flexibility index (Phi) is 3.64. The third-order valence-corrected chi connectivity index (χ3v) is 4.78. The molecular formula is C14H17FIN3. The highest BCUT2D eigenvalue weighted by Crippen LogP contribution is 2.33. The minimum Gasteiger partial charge on any atom is -0.369 e. The molecule has 1 aliphatic rings. The van der Waals surface area contributed by atoms with E-state index in [0.717, 1.165) is 23.9 Å². The van der Waals surface area contributed by atoms with Crippen LogP contribution in [0, 0.1) is 9.39 Å². The number of nitrogens with zero attached hydrogens (tertiary/aromatic N) is 2. The van der Waals surface area contributed by atoms with Crippen molar-refractivity contribution in [3.63, 3.8) is 0 Å². The topological polar surface area (TPSA) is 43.8 Å². The van der Waals surface area contributed by atoms with E-state index >= 15 is 0 Å². The van der Waals surface area contributed by atoms with Gasteiger partial charge in [-0.25, -0.2) is 9.37 Å². The Balaban J connectivity index is 2.11. The molecule has 1 aromatic heterocycles. The number of fused-ring (bicyclic) bond motifs is 1. The molecule has 0 spiro atoms.